The molecule has 0 radical (unpaired) electrons. The first-order valence-corrected chi connectivity index (χ1v) is 32.1. The van der Waals surface area contributed by atoms with Crippen molar-refractivity contribution in [2.45, 2.75) is 0 Å². The van der Waals surface area contributed by atoms with Crippen molar-refractivity contribution in [1.29, 1.82) is 0 Å². The van der Waals surface area contributed by atoms with E-state index < -0.39 is 7.12 Å². The molecule has 0 saturated carbocycles. The molecule has 0 aliphatic rings. The molecule has 4 aromatic heterocycles. The number of hydrogen-bond acceptors (Lipinski definition) is 8. The van der Waals surface area contributed by atoms with Gasteiger partial charge in [0.2, 0.25) is 0 Å². The highest BCUT2D eigenvalue weighted by atomic mass is 79.9. The zero-order valence-electron chi connectivity index (χ0n) is 48.2. The summed E-state index contributed by atoms with van der Waals surface area (Å²) in [7, 11) is -1.46. The fraction of sp³-hybridized carbons (Fsp3) is 0. The van der Waals surface area contributed by atoms with E-state index in [0.29, 0.717) is 5.46 Å². The Kier molecular flexibility index (Phi) is 14.3. The maximum absolute atomic E-state index is 9.47. The predicted octanol–water partition coefficient (Wildman–Crippen LogP) is 21.1. The van der Waals surface area contributed by atoms with Crippen LogP contribution in [0.5, 0.6) is 0 Å². The van der Waals surface area contributed by atoms with E-state index in [0.717, 1.165) is 64.8 Å². The van der Waals surface area contributed by atoms with Gasteiger partial charge in [-0.15, -0.1) is 22.7 Å². The Morgan fingerprint density at radius 2 is 0.611 bits per heavy atom. The first-order valence-electron chi connectivity index (χ1n) is 29.7. The second-order valence-electron chi connectivity index (χ2n) is 22.4. The van der Waals surface area contributed by atoms with Crippen LogP contribution in [0.1, 0.15) is 0 Å². The molecule has 0 fully saturated rings. The normalized spacial score (nSPS) is 11.5. The molecule has 6 nitrogen and oxygen atoms in total. The SMILES string of the molecule is Brc1ccc2c(c1)c1ccccc1c1nccnc21.OB(O)c1cccc(-c2cccc(-c3cccc4c3sc3ccccc34)c2)c1.c1cc(-c2cccc(-c3cccc4c3sc3ccccc34)c2)cc(-c2ccc3c(c2)c2ccccc2c2nccnc32)c1. The molecule has 0 bridgehead atoms. The number of thiophene rings is 2. The van der Waals surface area contributed by atoms with Crippen molar-refractivity contribution < 1.29 is 10.0 Å². The van der Waals surface area contributed by atoms with Gasteiger partial charge in [-0.1, -0.05) is 234 Å². The van der Waals surface area contributed by atoms with Gasteiger partial charge < -0.3 is 10.0 Å². The highest BCUT2D eigenvalue weighted by molar-refractivity contribution is 9.10. The van der Waals surface area contributed by atoms with Crippen molar-refractivity contribution in [3.63, 3.8) is 0 Å². The highest BCUT2D eigenvalue weighted by Crippen LogP contribution is 2.44. The van der Waals surface area contributed by atoms with E-state index in [1.165, 1.54) is 101 Å². The average molecular weight is 1250 g/mol. The summed E-state index contributed by atoms with van der Waals surface area (Å²) in [5.41, 5.74) is 16.0. The number of fused-ring (bicyclic) bond motifs is 18. The van der Waals surface area contributed by atoms with Gasteiger partial charge in [0.25, 0.3) is 0 Å². The monoisotopic (exact) mass is 1250 g/mol. The quantitative estimate of drug-likeness (QED) is 0.127. The lowest BCUT2D eigenvalue weighted by molar-refractivity contribution is 0.426. The first-order chi connectivity index (χ1) is 44.4. The minimum absolute atomic E-state index is 0.495. The molecule has 14 aromatic carbocycles. The van der Waals surface area contributed by atoms with E-state index in [1.54, 1.807) is 30.9 Å². The Morgan fingerprint density at radius 3 is 1.09 bits per heavy atom. The van der Waals surface area contributed by atoms with Crippen molar-refractivity contribution in [3.8, 4) is 55.6 Å². The lowest BCUT2D eigenvalue weighted by atomic mass is 9.79. The van der Waals surface area contributed by atoms with Crippen LogP contribution < -0.4 is 5.46 Å². The summed E-state index contributed by atoms with van der Waals surface area (Å²) in [5, 5.41) is 33.6. The van der Waals surface area contributed by atoms with Crippen molar-refractivity contribution in [3.05, 3.63) is 296 Å². The molecule has 10 heteroatoms. The van der Waals surface area contributed by atoms with Gasteiger partial charge in [0.1, 0.15) is 0 Å². The Labute approximate surface area is 534 Å². The maximum Gasteiger partial charge on any atom is 0.488 e. The van der Waals surface area contributed by atoms with Gasteiger partial charge in [0, 0.05) is 91.1 Å². The third-order valence-corrected chi connectivity index (χ3v) is 20.0. The summed E-state index contributed by atoms with van der Waals surface area (Å²) in [4.78, 5) is 18.4. The molecule has 90 heavy (non-hydrogen) atoms. The summed E-state index contributed by atoms with van der Waals surface area (Å²) in [5.74, 6) is 0. The zero-order valence-corrected chi connectivity index (χ0v) is 51.4. The van der Waals surface area contributed by atoms with Crippen molar-refractivity contribution in [2.24, 2.45) is 0 Å². The topological polar surface area (TPSA) is 92.0 Å². The average Bonchev–Trinajstić information content (AvgIpc) is 1.11. The maximum atomic E-state index is 9.47. The van der Waals surface area contributed by atoms with Crippen molar-refractivity contribution >= 4 is 157 Å². The minimum Gasteiger partial charge on any atom is -0.423 e. The summed E-state index contributed by atoms with van der Waals surface area (Å²) in [6.45, 7) is 0. The predicted molar refractivity (Wildman–Crippen MR) is 386 cm³/mol. The lowest BCUT2D eigenvalue weighted by Gasteiger charge is -2.12. The fourth-order valence-electron chi connectivity index (χ4n) is 12.9. The van der Waals surface area contributed by atoms with Crippen molar-refractivity contribution in [1.82, 2.24) is 19.9 Å². The fourth-order valence-corrected chi connectivity index (χ4v) is 15.7. The number of nitrogens with zero attached hydrogens (tertiary/aromatic N) is 4. The van der Waals surface area contributed by atoms with E-state index in [1.807, 2.05) is 53.0 Å². The zero-order chi connectivity index (χ0) is 60.2. The van der Waals surface area contributed by atoms with Gasteiger partial charge >= 0.3 is 7.12 Å². The molecule has 0 spiro atoms. The molecule has 0 amide bonds. The second kappa shape index (κ2) is 23.3. The van der Waals surface area contributed by atoms with Crippen LogP contribution >= 0.6 is 38.6 Å². The molecule has 0 atom stereocenters. The molecule has 0 aliphatic carbocycles. The summed E-state index contributed by atoms with van der Waals surface area (Å²) >= 11 is 7.25. The van der Waals surface area contributed by atoms with Gasteiger partial charge in [-0.3, -0.25) is 19.9 Å². The van der Waals surface area contributed by atoms with Crippen LogP contribution in [0.25, 0.3) is 161 Å². The molecule has 18 aromatic rings. The first kappa shape index (κ1) is 55.0. The Balaban J connectivity index is 0.000000118. The van der Waals surface area contributed by atoms with Crippen LogP contribution in [0.15, 0.2) is 296 Å². The molecule has 0 unspecified atom stereocenters. The molecular formula is C80H50BBrN4O2S2. The standard InChI is InChI=1S/C40H24N2S.C24H17BO2S.C16H9BrN2/c1-2-14-33-31(12-1)36-24-28(18-19-34(36)39-38(33)41-20-21-42-39)26-9-5-8-25(22-26)27-10-6-11-29(23-27)30-15-7-16-35-32-13-3-4-17-37(32)43-40(30)35;26-25(27)19-9-4-7-17(15-19)16-6-3-8-18(14-16)20-11-5-12-22-21-10-1-2-13-23(21)28-24(20)22;17-10-5-6-13-14(9-10)11-3-1-2-4-12(11)15-16(13)19-8-7-18-15/h1-24H;1-15,26-27H;1-9H. The van der Waals surface area contributed by atoms with Crippen LogP contribution in [-0.2, 0) is 0 Å². The van der Waals surface area contributed by atoms with Crippen LogP contribution in [0, 0.1) is 0 Å². The Hall–Kier alpha value is -10.3. The number of aromatic nitrogens is 4. The van der Waals surface area contributed by atoms with Gasteiger partial charge in [0.15, 0.2) is 0 Å². The number of hydrogen-bond donors (Lipinski definition) is 2. The van der Waals surface area contributed by atoms with E-state index in [9.17, 15) is 10.0 Å². The molecule has 0 aliphatic heterocycles. The largest absolute Gasteiger partial charge is 0.488 e. The van der Waals surface area contributed by atoms with Crippen molar-refractivity contribution in [2.75, 3.05) is 0 Å². The van der Waals surface area contributed by atoms with E-state index in [4.69, 9.17) is 4.98 Å². The van der Waals surface area contributed by atoms with Crippen LogP contribution in [0.2, 0.25) is 0 Å². The summed E-state index contributed by atoms with van der Waals surface area (Å²) in [6.07, 6.45) is 7.06. The van der Waals surface area contributed by atoms with Gasteiger partial charge in [0.05, 0.1) is 22.1 Å². The summed E-state index contributed by atoms with van der Waals surface area (Å²) in [6, 6.07) is 93.9. The highest BCUT2D eigenvalue weighted by Gasteiger charge is 2.17. The minimum atomic E-state index is -1.46. The Bertz CT molecular complexity index is 5780. The molecule has 18 rings (SSSR count). The van der Waals surface area contributed by atoms with Gasteiger partial charge in [-0.25, -0.2) is 0 Å². The van der Waals surface area contributed by atoms with E-state index >= 15 is 0 Å². The molecule has 2 N–H and O–H groups in total. The smallest absolute Gasteiger partial charge is 0.423 e. The molecule has 0 saturated heterocycles. The van der Waals surface area contributed by atoms with E-state index in [2.05, 4.69) is 261 Å². The summed E-state index contributed by atoms with van der Waals surface area (Å²) < 4.78 is 6.34. The third-order valence-electron chi connectivity index (χ3n) is 17.1. The van der Waals surface area contributed by atoms with Crippen LogP contribution in [0.3, 0.4) is 0 Å². The number of benzene rings is 14. The van der Waals surface area contributed by atoms with E-state index in [-0.39, 0.29) is 0 Å². The van der Waals surface area contributed by atoms with Gasteiger partial charge in [-0.05, 0) is 131 Å². The second-order valence-corrected chi connectivity index (χ2v) is 25.4. The number of halogens is 1. The molecule has 424 valence electrons. The number of rotatable bonds is 6. The van der Waals surface area contributed by atoms with Crippen LogP contribution in [0.4, 0.5) is 0 Å². The third kappa shape index (κ3) is 10.0. The Morgan fingerprint density at radius 1 is 0.267 bits per heavy atom. The molecular weight excluding hydrogens is 1200 g/mol. The van der Waals surface area contributed by atoms with Crippen LogP contribution in [-0.4, -0.2) is 37.1 Å². The lowest BCUT2D eigenvalue weighted by Crippen LogP contribution is -2.29. The molecule has 4 heterocycles. The van der Waals surface area contributed by atoms with Gasteiger partial charge in [-0.2, -0.15) is 0 Å².